The topological polar surface area (TPSA) is 50.4 Å². The molecule has 108 valence electrons. The zero-order valence-corrected chi connectivity index (χ0v) is 12.4. The highest BCUT2D eigenvalue weighted by Crippen LogP contribution is 2.11. The monoisotopic (exact) mass is 278 g/mol. The molecular formula is C13H27ClN2O2. The molecule has 2 atom stereocenters. The van der Waals surface area contributed by atoms with Gasteiger partial charge in [0.2, 0.25) is 5.91 Å². The number of nitrogens with one attached hydrogen (secondary N) is 2. The van der Waals surface area contributed by atoms with Gasteiger partial charge in [-0.05, 0) is 12.3 Å². The minimum atomic E-state index is -0.160. The SMILES string of the molecule is CCCCC(CC)CNC(=O)C1COCCN1.Cl. The number of ether oxygens (including phenoxy) is 1. The number of morpholine rings is 1. The molecule has 0 aromatic heterocycles. The van der Waals surface area contributed by atoms with Gasteiger partial charge in [0.05, 0.1) is 13.2 Å². The molecule has 1 aliphatic rings. The van der Waals surface area contributed by atoms with Gasteiger partial charge in [0.25, 0.3) is 0 Å². The number of hydrogen-bond donors (Lipinski definition) is 2. The summed E-state index contributed by atoms with van der Waals surface area (Å²) in [5.41, 5.74) is 0. The molecule has 18 heavy (non-hydrogen) atoms. The normalized spacial score (nSPS) is 20.9. The Balaban J connectivity index is 0.00000289. The third-order valence-electron chi connectivity index (χ3n) is 3.35. The Bertz CT molecular complexity index is 221. The van der Waals surface area contributed by atoms with Gasteiger partial charge in [-0.15, -0.1) is 12.4 Å². The van der Waals surface area contributed by atoms with E-state index < -0.39 is 0 Å². The van der Waals surface area contributed by atoms with Crippen molar-refractivity contribution in [2.45, 2.75) is 45.6 Å². The van der Waals surface area contributed by atoms with E-state index in [2.05, 4.69) is 24.5 Å². The Hall–Kier alpha value is -0.320. The van der Waals surface area contributed by atoms with Crippen LogP contribution in [-0.2, 0) is 9.53 Å². The Morgan fingerprint density at radius 2 is 2.28 bits per heavy atom. The fourth-order valence-electron chi connectivity index (χ4n) is 2.05. The van der Waals surface area contributed by atoms with Crippen LogP contribution >= 0.6 is 12.4 Å². The van der Waals surface area contributed by atoms with Gasteiger partial charge in [0.15, 0.2) is 0 Å². The number of rotatable bonds is 7. The van der Waals surface area contributed by atoms with Gasteiger partial charge in [-0.3, -0.25) is 4.79 Å². The molecule has 1 fully saturated rings. The van der Waals surface area contributed by atoms with Crippen molar-refractivity contribution < 1.29 is 9.53 Å². The van der Waals surface area contributed by atoms with E-state index >= 15 is 0 Å². The van der Waals surface area contributed by atoms with Crippen LogP contribution in [0.15, 0.2) is 0 Å². The number of hydrogen-bond acceptors (Lipinski definition) is 3. The molecule has 0 aromatic carbocycles. The van der Waals surface area contributed by atoms with Crippen LogP contribution in [0.1, 0.15) is 39.5 Å². The van der Waals surface area contributed by atoms with E-state index in [9.17, 15) is 4.79 Å². The van der Waals surface area contributed by atoms with E-state index in [1.807, 2.05) is 0 Å². The smallest absolute Gasteiger partial charge is 0.239 e. The maximum absolute atomic E-state index is 11.8. The molecule has 5 heteroatoms. The molecule has 2 N–H and O–H groups in total. The minimum Gasteiger partial charge on any atom is -0.378 e. The van der Waals surface area contributed by atoms with E-state index in [1.165, 1.54) is 19.3 Å². The first-order valence-corrected chi connectivity index (χ1v) is 6.86. The van der Waals surface area contributed by atoms with Gasteiger partial charge in [-0.25, -0.2) is 0 Å². The van der Waals surface area contributed by atoms with Crippen molar-refractivity contribution in [1.29, 1.82) is 0 Å². The molecule has 0 aromatic rings. The summed E-state index contributed by atoms with van der Waals surface area (Å²) in [7, 11) is 0. The maximum Gasteiger partial charge on any atom is 0.239 e. The summed E-state index contributed by atoms with van der Waals surface area (Å²) in [5, 5.41) is 6.20. The lowest BCUT2D eigenvalue weighted by Gasteiger charge is -2.24. The zero-order valence-electron chi connectivity index (χ0n) is 11.5. The lowest BCUT2D eigenvalue weighted by molar-refractivity contribution is -0.126. The van der Waals surface area contributed by atoms with Crippen LogP contribution in [0.25, 0.3) is 0 Å². The van der Waals surface area contributed by atoms with Crippen LogP contribution in [0, 0.1) is 5.92 Å². The van der Waals surface area contributed by atoms with Crippen LogP contribution in [0.4, 0.5) is 0 Å². The Kier molecular flexibility index (Phi) is 10.4. The predicted molar refractivity (Wildman–Crippen MR) is 76.2 cm³/mol. The molecule has 1 amide bonds. The van der Waals surface area contributed by atoms with Crippen molar-refractivity contribution in [3.8, 4) is 0 Å². The molecule has 1 heterocycles. The Morgan fingerprint density at radius 1 is 1.50 bits per heavy atom. The van der Waals surface area contributed by atoms with Crippen molar-refractivity contribution in [2.75, 3.05) is 26.3 Å². The first kappa shape index (κ1) is 17.7. The summed E-state index contributed by atoms with van der Waals surface area (Å²) in [4.78, 5) is 11.8. The summed E-state index contributed by atoms with van der Waals surface area (Å²) in [6.07, 6.45) is 4.82. The maximum atomic E-state index is 11.8. The third-order valence-corrected chi connectivity index (χ3v) is 3.35. The second kappa shape index (κ2) is 10.6. The molecule has 2 unspecified atom stereocenters. The number of carbonyl (C=O) groups excluding carboxylic acids is 1. The summed E-state index contributed by atoms with van der Waals surface area (Å²) >= 11 is 0. The highest BCUT2D eigenvalue weighted by Gasteiger charge is 2.21. The van der Waals surface area contributed by atoms with E-state index in [0.717, 1.165) is 19.5 Å². The molecule has 0 radical (unpaired) electrons. The minimum absolute atomic E-state index is 0. The van der Waals surface area contributed by atoms with E-state index in [4.69, 9.17) is 4.74 Å². The molecule has 0 bridgehead atoms. The van der Waals surface area contributed by atoms with Gasteiger partial charge < -0.3 is 15.4 Å². The van der Waals surface area contributed by atoms with Crippen LogP contribution in [-0.4, -0.2) is 38.3 Å². The van der Waals surface area contributed by atoms with E-state index in [0.29, 0.717) is 19.1 Å². The van der Waals surface area contributed by atoms with Gasteiger partial charge in [-0.1, -0.05) is 33.1 Å². The van der Waals surface area contributed by atoms with Crippen molar-refractivity contribution in [2.24, 2.45) is 5.92 Å². The van der Waals surface area contributed by atoms with Crippen LogP contribution in [0.3, 0.4) is 0 Å². The first-order chi connectivity index (χ1) is 8.27. The fourth-order valence-corrected chi connectivity index (χ4v) is 2.05. The highest BCUT2D eigenvalue weighted by molar-refractivity contribution is 5.85. The third kappa shape index (κ3) is 6.57. The van der Waals surface area contributed by atoms with Gasteiger partial charge in [0.1, 0.15) is 6.04 Å². The van der Waals surface area contributed by atoms with Crippen LogP contribution < -0.4 is 10.6 Å². The predicted octanol–water partition coefficient (Wildman–Crippen LogP) is 1.73. The molecule has 1 aliphatic heterocycles. The standard InChI is InChI=1S/C13H26N2O2.ClH/c1-3-5-6-11(4-2)9-15-13(16)12-10-17-8-7-14-12;/h11-12,14H,3-10H2,1-2H3,(H,15,16);1H. The molecule has 1 saturated heterocycles. The molecule has 0 aliphatic carbocycles. The zero-order chi connectivity index (χ0) is 12.5. The Morgan fingerprint density at radius 3 is 2.83 bits per heavy atom. The van der Waals surface area contributed by atoms with Gasteiger partial charge in [0, 0.05) is 13.1 Å². The Labute approximate surface area is 117 Å². The average molecular weight is 279 g/mol. The number of carbonyl (C=O) groups is 1. The highest BCUT2D eigenvalue weighted by atomic mass is 35.5. The van der Waals surface area contributed by atoms with E-state index in [1.54, 1.807) is 0 Å². The average Bonchev–Trinajstić information content (AvgIpc) is 2.39. The molecule has 4 nitrogen and oxygen atoms in total. The summed E-state index contributed by atoms with van der Waals surface area (Å²) in [6, 6.07) is -0.160. The van der Waals surface area contributed by atoms with Crippen molar-refractivity contribution in [3.63, 3.8) is 0 Å². The van der Waals surface area contributed by atoms with Gasteiger partial charge >= 0.3 is 0 Å². The van der Waals surface area contributed by atoms with Crippen LogP contribution in [0.2, 0.25) is 0 Å². The number of halogens is 1. The molecule has 0 saturated carbocycles. The largest absolute Gasteiger partial charge is 0.378 e. The first-order valence-electron chi connectivity index (χ1n) is 6.86. The summed E-state index contributed by atoms with van der Waals surface area (Å²) in [5.74, 6) is 0.697. The van der Waals surface area contributed by atoms with Crippen molar-refractivity contribution >= 4 is 18.3 Å². The summed E-state index contributed by atoms with van der Waals surface area (Å²) in [6.45, 7) is 7.16. The fraction of sp³-hybridized carbons (Fsp3) is 0.923. The molecular weight excluding hydrogens is 252 g/mol. The van der Waals surface area contributed by atoms with E-state index in [-0.39, 0.29) is 24.4 Å². The lowest BCUT2D eigenvalue weighted by atomic mass is 9.99. The molecule has 1 rings (SSSR count). The summed E-state index contributed by atoms with van der Waals surface area (Å²) < 4.78 is 5.28. The van der Waals surface area contributed by atoms with Gasteiger partial charge in [-0.2, -0.15) is 0 Å². The number of unbranched alkanes of at least 4 members (excludes halogenated alkanes) is 1. The van der Waals surface area contributed by atoms with Crippen molar-refractivity contribution in [1.82, 2.24) is 10.6 Å². The van der Waals surface area contributed by atoms with Crippen molar-refractivity contribution in [3.05, 3.63) is 0 Å². The quantitative estimate of drug-likeness (QED) is 0.746. The second-order valence-electron chi connectivity index (χ2n) is 4.74. The molecule has 0 spiro atoms. The van der Waals surface area contributed by atoms with Crippen LogP contribution in [0.5, 0.6) is 0 Å². The number of amides is 1. The lowest BCUT2D eigenvalue weighted by Crippen LogP contribution is -2.51. The second-order valence-corrected chi connectivity index (χ2v) is 4.74.